The molecule has 1 aliphatic rings. The van der Waals surface area contributed by atoms with Crippen LogP contribution in [-0.2, 0) is 23.9 Å². The maximum atomic E-state index is 12.4. The Bertz CT molecular complexity index is 958. The van der Waals surface area contributed by atoms with Crippen molar-refractivity contribution < 1.29 is 28.7 Å². The molecule has 8 heteroatoms. The number of nitrogens with zero attached hydrogens (tertiary/aromatic N) is 1. The summed E-state index contributed by atoms with van der Waals surface area (Å²) in [5.74, 6) is -2.36. The Kier molecular flexibility index (Phi) is 7.02. The SMILES string of the molecule is COC(=O)c1ccc(N2C[C@@H](C(=O)OCC(=O)N[C@H](C)c3ccccc3)CC2=O)cc1. The lowest BCUT2D eigenvalue weighted by molar-refractivity contribution is -0.152. The van der Waals surface area contributed by atoms with E-state index in [4.69, 9.17) is 4.74 Å². The van der Waals surface area contributed by atoms with Gasteiger partial charge in [0.1, 0.15) is 0 Å². The molecule has 31 heavy (non-hydrogen) atoms. The number of carbonyl (C=O) groups is 4. The predicted molar refractivity (Wildman–Crippen MR) is 112 cm³/mol. The molecule has 0 spiro atoms. The van der Waals surface area contributed by atoms with E-state index in [1.54, 1.807) is 24.3 Å². The van der Waals surface area contributed by atoms with Gasteiger partial charge in [0, 0.05) is 18.7 Å². The van der Waals surface area contributed by atoms with Gasteiger partial charge in [-0.15, -0.1) is 0 Å². The molecule has 2 amide bonds. The molecule has 0 radical (unpaired) electrons. The van der Waals surface area contributed by atoms with Crippen molar-refractivity contribution in [3.05, 3.63) is 65.7 Å². The largest absolute Gasteiger partial charge is 0.465 e. The van der Waals surface area contributed by atoms with Crippen LogP contribution < -0.4 is 10.2 Å². The summed E-state index contributed by atoms with van der Waals surface area (Å²) in [5.41, 5.74) is 1.88. The highest BCUT2D eigenvalue weighted by atomic mass is 16.5. The van der Waals surface area contributed by atoms with Crippen LogP contribution in [0.25, 0.3) is 0 Å². The molecule has 1 saturated heterocycles. The smallest absolute Gasteiger partial charge is 0.337 e. The summed E-state index contributed by atoms with van der Waals surface area (Å²) < 4.78 is 9.78. The van der Waals surface area contributed by atoms with E-state index < -0.39 is 30.4 Å². The van der Waals surface area contributed by atoms with Crippen LogP contribution in [0.15, 0.2) is 54.6 Å². The summed E-state index contributed by atoms with van der Waals surface area (Å²) in [5, 5.41) is 2.77. The molecular weight excluding hydrogens is 400 g/mol. The molecular formula is C23H24N2O6. The molecule has 1 aliphatic heterocycles. The molecule has 2 atom stereocenters. The fourth-order valence-electron chi connectivity index (χ4n) is 3.37. The van der Waals surface area contributed by atoms with Crippen LogP contribution in [0.3, 0.4) is 0 Å². The highest BCUT2D eigenvalue weighted by Crippen LogP contribution is 2.26. The number of nitrogens with one attached hydrogen (secondary N) is 1. The number of amides is 2. The second-order valence-corrected chi connectivity index (χ2v) is 7.25. The van der Waals surface area contributed by atoms with E-state index in [1.807, 2.05) is 37.3 Å². The van der Waals surface area contributed by atoms with Crippen LogP contribution in [0, 0.1) is 5.92 Å². The molecule has 1 N–H and O–H groups in total. The molecule has 1 heterocycles. The maximum Gasteiger partial charge on any atom is 0.337 e. The third-order valence-corrected chi connectivity index (χ3v) is 5.08. The van der Waals surface area contributed by atoms with Crippen LogP contribution in [0.2, 0.25) is 0 Å². The van der Waals surface area contributed by atoms with Crippen LogP contribution in [-0.4, -0.2) is 44.0 Å². The lowest BCUT2D eigenvalue weighted by Gasteiger charge is -2.17. The number of carbonyl (C=O) groups excluding carboxylic acids is 4. The molecule has 0 aromatic heterocycles. The third-order valence-electron chi connectivity index (χ3n) is 5.08. The lowest BCUT2D eigenvalue weighted by atomic mass is 10.1. The molecule has 162 valence electrons. The van der Waals surface area contributed by atoms with E-state index in [1.165, 1.54) is 12.0 Å². The minimum absolute atomic E-state index is 0.000373. The number of rotatable bonds is 7. The first kappa shape index (κ1) is 22.0. The zero-order chi connectivity index (χ0) is 22.4. The highest BCUT2D eigenvalue weighted by molar-refractivity contribution is 6.00. The molecule has 0 saturated carbocycles. The molecule has 0 bridgehead atoms. The van der Waals surface area contributed by atoms with E-state index in [-0.39, 0.29) is 24.9 Å². The van der Waals surface area contributed by atoms with Gasteiger partial charge < -0.3 is 19.7 Å². The summed E-state index contributed by atoms with van der Waals surface area (Å²) in [6.45, 7) is 1.58. The van der Waals surface area contributed by atoms with Crippen molar-refractivity contribution in [1.82, 2.24) is 5.32 Å². The normalized spacial score (nSPS) is 16.5. The molecule has 2 aromatic carbocycles. The Morgan fingerprint density at radius 1 is 1.10 bits per heavy atom. The van der Waals surface area contributed by atoms with Crippen LogP contribution in [0.5, 0.6) is 0 Å². The van der Waals surface area contributed by atoms with Crippen molar-refractivity contribution in [2.45, 2.75) is 19.4 Å². The fraction of sp³-hybridized carbons (Fsp3) is 0.304. The van der Waals surface area contributed by atoms with Crippen molar-refractivity contribution in [3.63, 3.8) is 0 Å². The lowest BCUT2D eigenvalue weighted by Crippen LogP contribution is -2.32. The van der Waals surface area contributed by atoms with E-state index in [9.17, 15) is 19.2 Å². The Morgan fingerprint density at radius 3 is 2.42 bits per heavy atom. The maximum absolute atomic E-state index is 12.4. The van der Waals surface area contributed by atoms with E-state index in [0.717, 1.165) is 5.56 Å². The number of benzene rings is 2. The van der Waals surface area contributed by atoms with Gasteiger partial charge in [-0.1, -0.05) is 30.3 Å². The van der Waals surface area contributed by atoms with Gasteiger partial charge in [0.05, 0.1) is 24.6 Å². The quantitative estimate of drug-likeness (QED) is 0.684. The predicted octanol–water partition coefficient (Wildman–Crippen LogP) is 2.25. The van der Waals surface area contributed by atoms with E-state index in [0.29, 0.717) is 11.3 Å². The molecule has 3 rings (SSSR count). The summed E-state index contributed by atoms with van der Waals surface area (Å²) in [6, 6.07) is 15.6. The standard InChI is InChI=1S/C23H24N2O6/c1-15(16-6-4-3-5-7-16)24-20(26)14-31-23(29)18-12-21(27)25(13-18)19-10-8-17(9-11-19)22(28)30-2/h3-11,15,18H,12-14H2,1-2H3,(H,24,26)/t15-,18+/m1/s1. The van der Waals surface area contributed by atoms with Gasteiger partial charge in [-0.3, -0.25) is 14.4 Å². The average molecular weight is 424 g/mol. The van der Waals surface area contributed by atoms with Crippen LogP contribution >= 0.6 is 0 Å². The molecule has 0 aliphatic carbocycles. The number of hydrogen-bond donors (Lipinski definition) is 1. The Morgan fingerprint density at radius 2 is 1.77 bits per heavy atom. The Balaban J connectivity index is 1.51. The van der Waals surface area contributed by atoms with Gasteiger partial charge >= 0.3 is 11.9 Å². The average Bonchev–Trinajstić information content (AvgIpc) is 3.19. The minimum Gasteiger partial charge on any atom is -0.465 e. The topological polar surface area (TPSA) is 102 Å². The second kappa shape index (κ2) is 9.88. The number of anilines is 1. The molecule has 2 aromatic rings. The molecule has 0 unspecified atom stereocenters. The summed E-state index contributed by atoms with van der Waals surface area (Å²) in [4.78, 5) is 49.8. The zero-order valence-electron chi connectivity index (χ0n) is 17.4. The van der Waals surface area contributed by atoms with Gasteiger partial charge in [-0.2, -0.15) is 0 Å². The van der Waals surface area contributed by atoms with E-state index in [2.05, 4.69) is 10.1 Å². The fourth-order valence-corrected chi connectivity index (χ4v) is 3.37. The first-order chi connectivity index (χ1) is 14.9. The van der Waals surface area contributed by atoms with Crippen molar-refractivity contribution in [3.8, 4) is 0 Å². The van der Waals surface area contributed by atoms with Crippen molar-refractivity contribution in [2.75, 3.05) is 25.2 Å². The van der Waals surface area contributed by atoms with E-state index >= 15 is 0 Å². The first-order valence-electron chi connectivity index (χ1n) is 9.88. The van der Waals surface area contributed by atoms with Crippen LogP contribution in [0.1, 0.15) is 35.3 Å². The number of ether oxygens (including phenoxy) is 2. The summed E-state index contributed by atoms with van der Waals surface area (Å²) in [7, 11) is 1.29. The van der Waals surface area contributed by atoms with Crippen molar-refractivity contribution in [2.24, 2.45) is 5.92 Å². The third kappa shape index (κ3) is 5.48. The zero-order valence-corrected chi connectivity index (χ0v) is 17.4. The summed E-state index contributed by atoms with van der Waals surface area (Å²) >= 11 is 0. The van der Waals surface area contributed by atoms with Crippen LogP contribution in [0.4, 0.5) is 5.69 Å². The van der Waals surface area contributed by atoms with Gasteiger partial charge in [-0.25, -0.2) is 4.79 Å². The van der Waals surface area contributed by atoms with Crippen molar-refractivity contribution >= 4 is 29.4 Å². The highest BCUT2D eigenvalue weighted by Gasteiger charge is 2.36. The van der Waals surface area contributed by atoms with Crippen molar-refractivity contribution in [1.29, 1.82) is 0 Å². The summed E-state index contributed by atoms with van der Waals surface area (Å²) in [6.07, 6.45) is -0.000373. The monoisotopic (exact) mass is 424 g/mol. The van der Waals surface area contributed by atoms with Gasteiger partial charge in [-0.05, 0) is 36.8 Å². The van der Waals surface area contributed by atoms with Gasteiger partial charge in [0.15, 0.2) is 6.61 Å². The number of methoxy groups -OCH3 is 1. The first-order valence-corrected chi connectivity index (χ1v) is 9.88. The molecule has 8 nitrogen and oxygen atoms in total. The Labute approximate surface area is 180 Å². The number of hydrogen-bond acceptors (Lipinski definition) is 6. The molecule has 1 fully saturated rings. The number of esters is 2. The minimum atomic E-state index is -0.660. The second-order valence-electron chi connectivity index (χ2n) is 7.25. The van der Waals surface area contributed by atoms with Gasteiger partial charge in [0.25, 0.3) is 5.91 Å². The van der Waals surface area contributed by atoms with Gasteiger partial charge in [0.2, 0.25) is 5.91 Å². The Hall–Kier alpha value is -3.68.